The Balaban J connectivity index is 2.31. The number of hydrogen-bond donors (Lipinski definition) is 1. The molecule has 0 saturated heterocycles. The summed E-state index contributed by atoms with van der Waals surface area (Å²) in [6, 6.07) is 12.8. The zero-order chi connectivity index (χ0) is 15.4. The Morgan fingerprint density at radius 3 is 2.52 bits per heavy atom. The maximum Gasteiger partial charge on any atom is 0.0417 e. The molecule has 112 valence electrons. The zero-order valence-electron chi connectivity index (χ0n) is 12.8. The molecule has 0 aliphatic carbocycles. The summed E-state index contributed by atoms with van der Waals surface area (Å²) >= 11 is 7.95. The molecule has 0 heterocycles. The van der Waals surface area contributed by atoms with Crippen LogP contribution in [0.15, 0.2) is 46.2 Å². The van der Waals surface area contributed by atoms with E-state index in [1.54, 1.807) is 11.8 Å². The molecule has 1 nitrogen and oxygen atoms in total. The molecule has 0 radical (unpaired) electrons. The second-order valence-corrected chi connectivity index (χ2v) is 7.02. The molecule has 21 heavy (non-hydrogen) atoms. The van der Waals surface area contributed by atoms with Crippen molar-refractivity contribution in [1.82, 2.24) is 0 Å². The van der Waals surface area contributed by atoms with E-state index in [9.17, 15) is 0 Å². The van der Waals surface area contributed by atoms with Crippen molar-refractivity contribution in [1.29, 1.82) is 0 Å². The minimum absolute atomic E-state index is 0.199. The van der Waals surface area contributed by atoms with Gasteiger partial charge >= 0.3 is 0 Å². The van der Waals surface area contributed by atoms with Crippen molar-refractivity contribution in [3.63, 3.8) is 0 Å². The van der Waals surface area contributed by atoms with Crippen LogP contribution in [-0.4, -0.2) is 6.04 Å². The first kappa shape index (κ1) is 16.4. The van der Waals surface area contributed by atoms with Crippen molar-refractivity contribution in [2.45, 2.75) is 49.4 Å². The molecule has 3 heteroatoms. The van der Waals surface area contributed by atoms with Gasteiger partial charge in [0, 0.05) is 20.9 Å². The lowest BCUT2D eigenvalue weighted by Crippen LogP contribution is -2.21. The minimum Gasteiger partial charge on any atom is -0.327 e. The highest BCUT2D eigenvalue weighted by Crippen LogP contribution is 2.35. The maximum atomic E-state index is 6.17. The topological polar surface area (TPSA) is 26.0 Å². The lowest BCUT2D eigenvalue weighted by molar-refractivity contribution is 0.641. The highest BCUT2D eigenvalue weighted by atomic mass is 35.5. The van der Waals surface area contributed by atoms with Crippen LogP contribution in [-0.2, 0) is 6.42 Å². The van der Waals surface area contributed by atoms with Crippen LogP contribution in [0, 0.1) is 13.8 Å². The molecule has 1 atom stereocenters. The summed E-state index contributed by atoms with van der Waals surface area (Å²) in [7, 11) is 0. The lowest BCUT2D eigenvalue weighted by Gasteiger charge is -2.14. The maximum absolute atomic E-state index is 6.17. The number of nitrogens with two attached hydrogens (primary N) is 1. The van der Waals surface area contributed by atoms with Gasteiger partial charge < -0.3 is 5.73 Å². The van der Waals surface area contributed by atoms with Gasteiger partial charge in [-0.15, -0.1) is 0 Å². The van der Waals surface area contributed by atoms with Crippen LogP contribution in [0.3, 0.4) is 0 Å². The van der Waals surface area contributed by atoms with Crippen LogP contribution in [0.2, 0.25) is 5.02 Å². The molecule has 0 aromatic heterocycles. The molecular weight excluding hydrogens is 298 g/mol. The molecule has 0 aliphatic rings. The number of halogens is 1. The Morgan fingerprint density at radius 2 is 1.86 bits per heavy atom. The van der Waals surface area contributed by atoms with Gasteiger partial charge in [-0.3, -0.25) is 0 Å². The standard InChI is InChI=1S/C18H22ClNS/c1-4-16(20)10-14-6-7-15(19)11-18(14)21-17-8-5-12(2)9-13(17)3/h5-9,11,16H,4,10,20H2,1-3H3. The highest BCUT2D eigenvalue weighted by Gasteiger charge is 2.10. The van der Waals surface area contributed by atoms with Crippen molar-refractivity contribution in [3.05, 3.63) is 58.1 Å². The molecule has 2 rings (SSSR count). The first-order valence-electron chi connectivity index (χ1n) is 7.28. The van der Waals surface area contributed by atoms with Gasteiger partial charge in [-0.2, -0.15) is 0 Å². The van der Waals surface area contributed by atoms with Crippen molar-refractivity contribution in [3.8, 4) is 0 Å². The summed E-state index contributed by atoms with van der Waals surface area (Å²) in [4.78, 5) is 2.48. The molecule has 0 spiro atoms. The smallest absolute Gasteiger partial charge is 0.0417 e. The summed E-state index contributed by atoms with van der Waals surface area (Å²) in [6.45, 7) is 6.39. The summed E-state index contributed by atoms with van der Waals surface area (Å²) in [6.07, 6.45) is 1.87. The van der Waals surface area contributed by atoms with E-state index in [1.807, 2.05) is 12.1 Å². The second-order valence-electron chi connectivity index (χ2n) is 5.50. The van der Waals surface area contributed by atoms with Gasteiger partial charge in [-0.25, -0.2) is 0 Å². The summed E-state index contributed by atoms with van der Waals surface area (Å²) in [5.74, 6) is 0. The van der Waals surface area contributed by atoms with Crippen molar-refractivity contribution < 1.29 is 0 Å². The highest BCUT2D eigenvalue weighted by molar-refractivity contribution is 7.99. The third-order valence-corrected chi connectivity index (χ3v) is 5.10. The second kappa shape index (κ2) is 7.35. The fourth-order valence-electron chi connectivity index (χ4n) is 2.25. The van der Waals surface area contributed by atoms with E-state index in [0.29, 0.717) is 0 Å². The average Bonchev–Trinajstić information content (AvgIpc) is 2.44. The Morgan fingerprint density at radius 1 is 1.10 bits per heavy atom. The van der Waals surface area contributed by atoms with E-state index in [2.05, 4.69) is 45.0 Å². The number of aryl methyl sites for hydroxylation is 2. The van der Waals surface area contributed by atoms with Crippen molar-refractivity contribution in [2.24, 2.45) is 5.73 Å². The predicted octanol–water partition coefficient (Wildman–Crippen LogP) is 5.39. The Hall–Kier alpha value is -0.960. The number of rotatable bonds is 5. The van der Waals surface area contributed by atoms with E-state index in [-0.39, 0.29) is 6.04 Å². The molecule has 0 bridgehead atoms. The van der Waals surface area contributed by atoms with Crippen LogP contribution in [0.5, 0.6) is 0 Å². The Labute approximate surface area is 136 Å². The first-order chi connectivity index (χ1) is 9.99. The third kappa shape index (κ3) is 4.50. The molecule has 2 N–H and O–H groups in total. The van der Waals surface area contributed by atoms with Crippen LogP contribution >= 0.6 is 23.4 Å². The molecule has 1 unspecified atom stereocenters. The molecule has 0 fully saturated rings. The Bertz CT molecular complexity index is 625. The molecule has 2 aromatic carbocycles. The molecule has 0 amide bonds. The van der Waals surface area contributed by atoms with E-state index in [1.165, 1.54) is 26.5 Å². The van der Waals surface area contributed by atoms with Crippen LogP contribution in [0.1, 0.15) is 30.0 Å². The van der Waals surface area contributed by atoms with Gasteiger partial charge in [0.2, 0.25) is 0 Å². The average molecular weight is 320 g/mol. The fraction of sp³-hybridized carbons (Fsp3) is 0.333. The molecular formula is C18H22ClNS. The monoisotopic (exact) mass is 319 g/mol. The van der Waals surface area contributed by atoms with Crippen molar-refractivity contribution in [2.75, 3.05) is 0 Å². The number of hydrogen-bond acceptors (Lipinski definition) is 2. The number of benzene rings is 2. The van der Waals surface area contributed by atoms with Crippen LogP contribution < -0.4 is 5.73 Å². The predicted molar refractivity (Wildman–Crippen MR) is 93.5 cm³/mol. The van der Waals surface area contributed by atoms with Crippen molar-refractivity contribution >= 4 is 23.4 Å². The molecule has 0 aliphatic heterocycles. The van der Waals surface area contributed by atoms with E-state index >= 15 is 0 Å². The first-order valence-corrected chi connectivity index (χ1v) is 8.48. The third-order valence-electron chi connectivity index (χ3n) is 3.59. The normalized spacial score (nSPS) is 12.4. The van der Waals surface area contributed by atoms with E-state index in [4.69, 9.17) is 17.3 Å². The van der Waals surface area contributed by atoms with Gasteiger partial charge in [0.05, 0.1) is 0 Å². The lowest BCUT2D eigenvalue weighted by atomic mass is 10.1. The van der Waals surface area contributed by atoms with Gasteiger partial charge in [0.25, 0.3) is 0 Å². The van der Waals surface area contributed by atoms with Gasteiger partial charge in [-0.05, 0) is 56.0 Å². The Kier molecular flexibility index (Phi) is 5.74. The van der Waals surface area contributed by atoms with E-state index in [0.717, 1.165) is 17.9 Å². The van der Waals surface area contributed by atoms with Crippen LogP contribution in [0.25, 0.3) is 0 Å². The summed E-state index contributed by atoms with van der Waals surface area (Å²) < 4.78 is 0. The largest absolute Gasteiger partial charge is 0.327 e. The zero-order valence-corrected chi connectivity index (χ0v) is 14.4. The van der Waals surface area contributed by atoms with E-state index < -0.39 is 0 Å². The SMILES string of the molecule is CCC(N)Cc1ccc(Cl)cc1Sc1ccc(C)cc1C. The van der Waals surface area contributed by atoms with Gasteiger partial charge in [0.15, 0.2) is 0 Å². The van der Waals surface area contributed by atoms with Crippen LogP contribution in [0.4, 0.5) is 0 Å². The summed E-state index contributed by atoms with van der Waals surface area (Å²) in [5.41, 5.74) is 9.97. The molecule has 0 saturated carbocycles. The van der Waals surface area contributed by atoms with Gasteiger partial charge in [-0.1, -0.05) is 54.0 Å². The fourth-order valence-corrected chi connectivity index (χ4v) is 3.55. The summed E-state index contributed by atoms with van der Waals surface area (Å²) in [5, 5.41) is 0.774. The van der Waals surface area contributed by atoms with Gasteiger partial charge in [0.1, 0.15) is 0 Å². The molecule has 2 aromatic rings. The minimum atomic E-state index is 0.199. The quantitative estimate of drug-likeness (QED) is 0.799.